The lowest BCUT2D eigenvalue weighted by Crippen LogP contribution is -2.21. The SMILES string of the molecule is O=C(OCCNc1[nH+]cc(C(F)(F)F)cc1Cl)c1ccc(Cl)cc1. The lowest BCUT2D eigenvalue weighted by Gasteiger charge is -2.07. The van der Waals surface area contributed by atoms with Crippen molar-refractivity contribution in [1.82, 2.24) is 0 Å². The predicted octanol–water partition coefficient (Wildman–Crippen LogP) is 4.10. The zero-order valence-electron chi connectivity index (χ0n) is 12.1. The number of aromatic amines is 1. The van der Waals surface area contributed by atoms with Gasteiger partial charge in [0.15, 0.2) is 0 Å². The van der Waals surface area contributed by atoms with Gasteiger partial charge in [0.05, 0.1) is 11.1 Å². The van der Waals surface area contributed by atoms with E-state index < -0.39 is 17.7 Å². The van der Waals surface area contributed by atoms with Crippen LogP contribution >= 0.6 is 23.2 Å². The maximum Gasteiger partial charge on any atom is 0.419 e. The van der Waals surface area contributed by atoms with Crippen LogP contribution in [0.2, 0.25) is 10.0 Å². The van der Waals surface area contributed by atoms with Crippen LogP contribution in [0.25, 0.3) is 0 Å². The quantitative estimate of drug-likeness (QED) is 0.628. The number of H-pyrrole nitrogens is 1. The molecule has 0 bridgehead atoms. The van der Waals surface area contributed by atoms with Crippen LogP contribution in [0, 0.1) is 0 Å². The van der Waals surface area contributed by atoms with Crippen molar-refractivity contribution in [2.45, 2.75) is 6.18 Å². The molecule has 2 N–H and O–H groups in total. The van der Waals surface area contributed by atoms with Gasteiger partial charge in [-0.05, 0) is 30.3 Å². The number of nitrogens with one attached hydrogen (secondary N) is 2. The van der Waals surface area contributed by atoms with Crippen LogP contribution in [0.15, 0.2) is 36.5 Å². The van der Waals surface area contributed by atoms with Gasteiger partial charge in [-0.25, -0.2) is 9.78 Å². The summed E-state index contributed by atoms with van der Waals surface area (Å²) in [5.74, 6) is -0.330. The molecule has 0 radical (unpaired) electrons. The molecule has 0 aliphatic heterocycles. The van der Waals surface area contributed by atoms with E-state index >= 15 is 0 Å². The second-order valence-corrected chi connectivity index (χ2v) is 5.52. The zero-order valence-corrected chi connectivity index (χ0v) is 13.6. The molecular weight excluding hydrogens is 368 g/mol. The summed E-state index contributed by atoms with van der Waals surface area (Å²) in [4.78, 5) is 14.2. The number of rotatable bonds is 5. The fraction of sp³-hybridized carbons (Fsp3) is 0.200. The van der Waals surface area contributed by atoms with Crippen molar-refractivity contribution in [3.8, 4) is 0 Å². The highest BCUT2D eigenvalue weighted by atomic mass is 35.5. The molecule has 4 nitrogen and oxygen atoms in total. The summed E-state index contributed by atoms with van der Waals surface area (Å²) in [7, 11) is 0. The summed E-state index contributed by atoms with van der Waals surface area (Å²) in [5, 5.41) is 3.14. The van der Waals surface area contributed by atoms with Gasteiger partial charge in [0.1, 0.15) is 24.4 Å². The number of halogens is 5. The van der Waals surface area contributed by atoms with Crippen molar-refractivity contribution in [3.63, 3.8) is 0 Å². The van der Waals surface area contributed by atoms with Crippen molar-refractivity contribution in [1.29, 1.82) is 0 Å². The molecule has 0 aliphatic carbocycles. The molecule has 0 saturated heterocycles. The summed E-state index contributed by atoms with van der Waals surface area (Å²) in [6, 6.07) is 6.98. The van der Waals surface area contributed by atoms with Gasteiger partial charge in [0.25, 0.3) is 5.82 Å². The molecule has 1 heterocycles. The fourth-order valence-electron chi connectivity index (χ4n) is 1.76. The Hall–Kier alpha value is -1.99. The molecule has 0 fully saturated rings. The van der Waals surface area contributed by atoms with Crippen molar-refractivity contribution in [2.75, 3.05) is 18.5 Å². The number of ether oxygens (including phenoxy) is 1. The second-order valence-electron chi connectivity index (χ2n) is 4.68. The predicted molar refractivity (Wildman–Crippen MR) is 83.2 cm³/mol. The molecule has 2 aromatic rings. The number of carbonyl (C=O) groups is 1. The smallest absolute Gasteiger partial charge is 0.419 e. The first-order chi connectivity index (χ1) is 11.3. The summed E-state index contributed by atoms with van der Waals surface area (Å²) >= 11 is 11.5. The monoisotopic (exact) mass is 379 g/mol. The van der Waals surface area contributed by atoms with Gasteiger partial charge in [-0.1, -0.05) is 23.2 Å². The Labute approximate surface area is 145 Å². The number of esters is 1. The summed E-state index contributed by atoms with van der Waals surface area (Å²) in [6.45, 7) is 0.174. The van der Waals surface area contributed by atoms with Gasteiger partial charge < -0.3 is 4.74 Å². The number of hydrogen-bond donors (Lipinski definition) is 1. The Kier molecular flexibility index (Phi) is 5.90. The Morgan fingerprint density at radius 1 is 1.21 bits per heavy atom. The van der Waals surface area contributed by atoms with Crippen LogP contribution in [0.1, 0.15) is 15.9 Å². The van der Waals surface area contributed by atoms with Gasteiger partial charge in [-0.2, -0.15) is 13.2 Å². The van der Waals surface area contributed by atoms with E-state index in [2.05, 4.69) is 10.3 Å². The highest BCUT2D eigenvalue weighted by Gasteiger charge is 2.32. The molecule has 0 aliphatic rings. The van der Waals surface area contributed by atoms with Gasteiger partial charge in [-0.15, -0.1) is 0 Å². The molecule has 0 amide bonds. The van der Waals surface area contributed by atoms with Crippen LogP contribution < -0.4 is 10.3 Å². The lowest BCUT2D eigenvalue weighted by molar-refractivity contribution is -0.364. The van der Waals surface area contributed by atoms with E-state index in [-0.39, 0.29) is 24.0 Å². The van der Waals surface area contributed by atoms with Gasteiger partial charge in [0, 0.05) is 5.02 Å². The van der Waals surface area contributed by atoms with Gasteiger partial charge in [-0.3, -0.25) is 5.32 Å². The first-order valence-electron chi connectivity index (χ1n) is 6.72. The standard InChI is InChI=1S/C15H11Cl2F3N2O2/c16-11-3-1-9(2-4-11)14(23)24-6-5-21-13-12(17)7-10(8-22-13)15(18,19)20/h1-4,7-8H,5-6H2,(H,21,22)/p+1. The van der Waals surface area contributed by atoms with E-state index in [1.807, 2.05) is 0 Å². The third kappa shape index (κ3) is 5.01. The number of alkyl halides is 3. The van der Waals surface area contributed by atoms with Crippen molar-refractivity contribution >= 4 is 35.0 Å². The van der Waals surface area contributed by atoms with Crippen LogP contribution in [0.5, 0.6) is 0 Å². The number of aromatic nitrogens is 1. The maximum absolute atomic E-state index is 12.5. The second kappa shape index (κ2) is 7.72. The highest BCUT2D eigenvalue weighted by molar-refractivity contribution is 6.32. The van der Waals surface area contributed by atoms with Crippen LogP contribution in [0.4, 0.5) is 19.0 Å². The minimum absolute atomic E-state index is 0.00660. The molecule has 0 spiro atoms. The minimum atomic E-state index is -4.48. The molecule has 1 aromatic carbocycles. The number of benzene rings is 1. The van der Waals surface area contributed by atoms with Gasteiger partial charge >= 0.3 is 12.1 Å². The van der Waals surface area contributed by atoms with E-state index in [4.69, 9.17) is 27.9 Å². The molecule has 0 unspecified atom stereocenters. The number of anilines is 1. The number of carbonyl (C=O) groups excluding carboxylic acids is 1. The first-order valence-corrected chi connectivity index (χ1v) is 7.48. The summed E-state index contributed by atoms with van der Waals surface area (Å²) < 4.78 is 42.6. The topological polar surface area (TPSA) is 52.5 Å². The Bertz CT molecular complexity index is 722. The fourth-order valence-corrected chi connectivity index (χ4v) is 2.12. The third-order valence-electron chi connectivity index (χ3n) is 2.94. The van der Waals surface area contributed by atoms with E-state index in [0.29, 0.717) is 10.6 Å². The van der Waals surface area contributed by atoms with E-state index in [1.54, 1.807) is 12.1 Å². The highest BCUT2D eigenvalue weighted by Crippen LogP contribution is 2.31. The molecule has 0 atom stereocenters. The van der Waals surface area contributed by atoms with Gasteiger partial charge in [0.2, 0.25) is 0 Å². The molecule has 0 saturated carbocycles. The molecule has 1 aromatic heterocycles. The number of hydrogen-bond acceptors (Lipinski definition) is 3. The zero-order chi connectivity index (χ0) is 17.7. The van der Waals surface area contributed by atoms with Crippen LogP contribution in [0.3, 0.4) is 0 Å². The summed E-state index contributed by atoms with van der Waals surface area (Å²) in [6.07, 6.45) is -3.68. The molecular formula is C15H12Cl2F3N2O2+. The maximum atomic E-state index is 12.5. The van der Waals surface area contributed by atoms with Crippen LogP contribution in [-0.2, 0) is 10.9 Å². The average molecular weight is 380 g/mol. The third-order valence-corrected chi connectivity index (χ3v) is 3.49. The Morgan fingerprint density at radius 2 is 1.88 bits per heavy atom. The lowest BCUT2D eigenvalue weighted by atomic mass is 10.2. The minimum Gasteiger partial charge on any atom is -0.458 e. The van der Waals surface area contributed by atoms with E-state index in [9.17, 15) is 18.0 Å². The number of pyridine rings is 1. The van der Waals surface area contributed by atoms with Crippen LogP contribution in [-0.4, -0.2) is 19.1 Å². The summed E-state index contributed by atoms with van der Waals surface area (Å²) in [5.41, 5.74) is -0.536. The van der Waals surface area contributed by atoms with E-state index in [0.717, 1.165) is 12.3 Å². The first kappa shape index (κ1) is 18.4. The molecule has 2 rings (SSSR count). The molecule has 128 valence electrons. The van der Waals surface area contributed by atoms with Crippen molar-refractivity contribution < 1.29 is 27.7 Å². The molecule has 24 heavy (non-hydrogen) atoms. The van der Waals surface area contributed by atoms with Crippen molar-refractivity contribution in [2.24, 2.45) is 0 Å². The Balaban J connectivity index is 1.84. The van der Waals surface area contributed by atoms with E-state index in [1.165, 1.54) is 12.1 Å². The Morgan fingerprint density at radius 3 is 2.46 bits per heavy atom. The van der Waals surface area contributed by atoms with Crippen molar-refractivity contribution in [3.05, 3.63) is 57.7 Å². The normalized spacial score (nSPS) is 11.2. The average Bonchev–Trinajstić information content (AvgIpc) is 2.52. The largest absolute Gasteiger partial charge is 0.458 e. The molecule has 9 heteroatoms.